The summed E-state index contributed by atoms with van der Waals surface area (Å²) in [6.07, 6.45) is 0. The smallest absolute Gasteiger partial charge is 0.313 e. The number of rotatable bonds is 5. The summed E-state index contributed by atoms with van der Waals surface area (Å²) >= 11 is 0. The molecule has 1 aromatic carbocycles. The van der Waals surface area contributed by atoms with Crippen LogP contribution in [0.25, 0.3) is 11.3 Å². The summed E-state index contributed by atoms with van der Waals surface area (Å²) in [4.78, 5) is 26.5. The molecule has 0 atom stereocenters. The SMILES string of the molecule is NC(=O)CONC(=O)c1cc(-c2ccccc2)no1. The van der Waals surface area contributed by atoms with E-state index < -0.39 is 18.4 Å². The number of hydrogen-bond acceptors (Lipinski definition) is 5. The van der Waals surface area contributed by atoms with E-state index in [0.717, 1.165) is 5.56 Å². The van der Waals surface area contributed by atoms with E-state index in [1.807, 2.05) is 35.8 Å². The van der Waals surface area contributed by atoms with Gasteiger partial charge in [-0.1, -0.05) is 35.5 Å². The number of nitrogens with zero attached hydrogens (tertiary/aromatic N) is 1. The van der Waals surface area contributed by atoms with Crippen LogP contribution in [-0.4, -0.2) is 23.6 Å². The van der Waals surface area contributed by atoms with Crippen LogP contribution in [0.3, 0.4) is 0 Å². The molecule has 0 fully saturated rings. The van der Waals surface area contributed by atoms with Gasteiger partial charge in [0.2, 0.25) is 11.7 Å². The van der Waals surface area contributed by atoms with Crippen molar-refractivity contribution in [3.63, 3.8) is 0 Å². The minimum atomic E-state index is -0.692. The number of nitrogens with two attached hydrogens (primary N) is 1. The van der Waals surface area contributed by atoms with E-state index >= 15 is 0 Å². The lowest BCUT2D eigenvalue weighted by atomic mass is 10.1. The molecule has 2 rings (SSSR count). The van der Waals surface area contributed by atoms with E-state index in [1.54, 1.807) is 0 Å². The van der Waals surface area contributed by atoms with Crippen molar-refractivity contribution in [2.75, 3.05) is 6.61 Å². The average molecular weight is 261 g/mol. The lowest BCUT2D eigenvalue weighted by Crippen LogP contribution is -2.29. The molecule has 1 aromatic heterocycles. The molecule has 2 aromatic rings. The quantitative estimate of drug-likeness (QED) is 0.761. The number of aromatic nitrogens is 1. The molecule has 0 spiro atoms. The molecule has 7 heteroatoms. The second kappa shape index (κ2) is 5.78. The molecule has 19 heavy (non-hydrogen) atoms. The molecular formula is C12H11N3O4. The number of nitrogens with one attached hydrogen (secondary N) is 1. The minimum absolute atomic E-state index is 0.0247. The fraction of sp³-hybridized carbons (Fsp3) is 0.0833. The summed E-state index contributed by atoms with van der Waals surface area (Å²) in [6.45, 7) is -0.411. The summed E-state index contributed by atoms with van der Waals surface area (Å²) in [5, 5.41) is 3.77. The number of carbonyl (C=O) groups is 2. The van der Waals surface area contributed by atoms with Crippen LogP contribution in [0.5, 0.6) is 0 Å². The second-order valence-corrected chi connectivity index (χ2v) is 3.63. The van der Waals surface area contributed by atoms with Crippen molar-refractivity contribution in [3.8, 4) is 11.3 Å². The zero-order chi connectivity index (χ0) is 13.7. The van der Waals surface area contributed by atoms with E-state index in [0.29, 0.717) is 5.69 Å². The Morgan fingerprint density at radius 3 is 2.74 bits per heavy atom. The van der Waals surface area contributed by atoms with E-state index in [2.05, 4.69) is 9.99 Å². The van der Waals surface area contributed by atoms with Crippen molar-refractivity contribution in [2.24, 2.45) is 5.73 Å². The van der Waals surface area contributed by atoms with Crippen LogP contribution >= 0.6 is 0 Å². The largest absolute Gasteiger partial charge is 0.368 e. The first kappa shape index (κ1) is 12.8. The number of carbonyl (C=O) groups excluding carboxylic acids is 2. The standard InChI is InChI=1S/C12H11N3O4/c13-11(16)7-18-15-12(17)10-6-9(14-19-10)8-4-2-1-3-5-8/h1-6H,7H2,(H2,13,16)(H,15,17). The van der Waals surface area contributed by atoms with Gasteiger partial charge in [-0.2, -0.15) is 0 Å². The number of hydroxylamine groups is 1. The Bertz CT molecular complexity index is 580. The maximum Gasteiger partial charge on any atom is 0.313 e. The Kier molecular flexibility index (Phi) is 3.89. The number of primary amides is 1. The molecular weight excluding hydrogens is 250 g/mol. The fourth-order valence-corrected chi connectivity index (χ4v) is 1.35. The van der Waals surface area contributed by atoms with Crippen molar-refractivity contribution in [1.29, 1.82) is 0 Å². The highest BCUT2D eigenvalue weighted by molar-refractivity contribution is 5.91. The van der Waals surface area contributed by atoms with Crippen LogP contribution in [-0.2, 0) is 9.63 Å². The van der Waals surface area contributed by atoms with Crippen LogP contribution in [0.15, 0.2) is 40.9 Å². The third-order valence-electron chi connectivity index (χ3n) is 2.18. The first-order valence-electron chi connectivity index (χ1n) is 5.39. The molecule has 98 valence electrons. The summed E-state index contributed by atoms with van der Waals surface area (Å²) in [5.74, 6) is -1.36. The van der Waals surface area contributed by atoms with Gasteiger partial charge in [-0.15, -0.1) is 0 Å². The predicted octanol–water partition coefficient (Wildman–Crippen LogP) is 0.488. The number of amides is 2. The molecule has 1 heterocycles. The highest BCUT2D eigenvalue weighted by atomic mass is 16.7. The second-order valence-electron chi connectivity index (χ2n) is 3.63. The fourth-order valence-electron chi connectivity index (χ4n) is 1.35. The molecule has 0 aliphatic rings. The zero-order valence-electron chi connectivity index (χ0n) is 9.83. The van der Waals surface area contributed by atoms with Gasteiger partial charge in [0, 0.05) is 11.6 Å². The Labute approximate surface area is 108 Å². The van der Waals surface area contributed by atoms with Crippen molar-refractivity contribution < 1.29 is 18.9 Å². The molecule has 0 unspecified atom stereocenters. The van der Waals surface area contributed by atoms with Gasteiger partial charge >= 0.3 is 5.91 Å². The van der Waals surface area contributed by atoms with Crippen LogP contribution in [0.2, 0.25) is 0 Å². The topological polar surface area (TPSA) is 107 Å². The van der Waals surface area contributed by atoms with Gasteiger partial charge in [0.15, 0.2) is 6.61 Å². The van der Waals surface area contributed by atoms with Gasteiger partial charge in [-0.05, 0) is 0 Å². The lowest BCUT2D eigenvalue weighted by Gasteiger charge is -1.99. The Balaban J connectivity index is 2.01. The number of hydrogen-bond donors (Lipinski definition) is 2. The van der Waals surface area contributed by atoms with Gasteiger partial charge < -0.3 is 10.3 Å². The van der Waals surface area contributed by atoms with Gasteiger partial charge in [0.05, 0.1) is 0 Å². The van der Waals surface area contributed by atoms with E-state index in [-0.39, 0.29) is 5.76 Å². The third-order valence-corrected chi connectivity index (χ3v) is 2.18. The van der Waals surface area contributed by atoms with Gasteiger partial charge in [-0.3, -0.25) is 14.4 Å². The summed E-state index contributed by atoms with van der Waals surface area (Å²) < 4.78 is 4.88. The highest BCUT2D eigenvalue weighted by Gasteiger charge is 2.14. The summed E-state index contributed by atoms with van der Waals surface area (Å²) in [5.41, 5.74) is 8.22. The number of benzene rings is 1. The molecule has 0 aliphatic heterocycles. The third kappa shape index (κ3) is 3.39. The van der Waals surface area contributed by atoms with E-state index in [9.17, 15) is 9.59 Å². The first-order valence-corrected chi connectivity index (χ1v) is 5.39. The molecule has 3 N–H and O–H groups in total. The average Bonchev–Trinajstić information content (AvgIpc) is 2.89. The van der Waals surface area contributed by atoms with E-state index in [1.165, 1.54) is 6.07 Å². The Morgan fingerprint density at radius 2 is 2.05 bits per heavy atom. The predicted molar refractivity (Wildman–Crippen MR) is 64.6 cm³/mol. The first-order chi connectivity index (χ1) is 9.16. The van der Waals surface area contributed by atoms with Crippen LogP contribution in [0.4, 0.5) is 0 Å². The maximum atomic E-state index is 11.5. The highest BCUT2D eigenvalue weighted by Crippen LogP contribution is 2.18. The minimum Gasteiger partial charge on any atom is -0.368 e. The van der Waals surface area contributed by atoms with Crippen molar-refractivity contribution in [2.45, 2.75) is 0 Å². The Hall–Kier alpha value is -2.67. The normalized spacial score (nSPS) is 10.1. The molecule has 0 radical (unpaired) electrons. The van der Waals surface area contributed by atoms with Crippen LogP contribution in [0, 0.1) is 0 Å². The Morgan fingerprint density at radius 1 is 1.32 bits per heavy atom. The monoisotopic (exact) mass is 261 g/mol. The maximum absolute atomic E-state index is 11.5. The van der Waals surface area contributed by atoms with Gasteiger partial charge in [0.25, 0.3) is 0 Å². The van der Waals surface area contributed by atoms with Crippen molar-refractivity contribution in [1.82, 2.24) is 10.6 Å². The lowest BCUT2D eigenvalue weighted by molar-refractivity contribution is -0.124. The molecule has 2 amide bonds. The van der Waals surface area contributed by atoms with E-state index in [4.69, 9.17) is 10.3 Å². The van der Waals surface area contributed by atoms with Gasteiger partial charge in [-0.25, -0.2) is 5.48 Å². The zero-order valence-corrected chi connectivity index (χ0v) is 9.83. The molecule has 0 saturated heterocycles. The van der Waals surface area contributed by atoms with Crippen LogP contribution in [0.1, 0.15) is 10.6 Å². The summed E-state index contributed by atoms with van der Waals surface area (Å²) in [6, 6.07) is 10.7. The molecule has 0 saturated carbocycles. The van der Waals surface area contributed by atoms with Crippen LogP contribution < -0.4 is 11.2 Å². The molecule has 0 bridgehead atoms. The summed E-state index contributed by atoms with van der Waals surface area (Å²) in [7, 11) is 0. The van der Waals surface area contributed by atoms with Crippen molar-refractivity contribution >= 4 is 11.8 Å². The van der Waals surface area contributed by atoms with Crippen molar-refractivity contribution in [3.05, 3.63) is 42.2 Å². The molecule has 7 nitrogen and oxygen atoms in total. The molecule has 0 aliphatic carbocycles. The van der Waals surface area contributed by atoms with Gasteiger partial charge in [0.1, 0.15) is 5.69 Å².